The van der Waals surface area contributed by atoms with Crippen molar-refractivity contribution in [2.24, 2.45) is 27.2 Å². The summed E-state index contributed by atoms with van der Waals surface area (Å²) >= 11 is 0. The molecule has 0 spiro atoms. The van der Waals surface area contributed by atoms with Crippen LogP contribution in [-0.2, 0) is 4.74 Å². The van der Waals surface area contributed by atoms with Gasteiger partial charge in [-0.2, -0.15) is 4.99 Å². The molecule has 9 heteroatoms. The lowest BCUT2D eigenvalue weighted by molar-refractivity contribution is 0.102. The molecular weight excluding hydrogens is 358 g/mol. The lowest BCUT2D eigenvalue weighted by atomic mass is 10.1. The smallest absolute Gasteiger partial charge is 0.257 e. The van der Waals surface area contributed by atoms with Gasteiger partial charge in [-0.1, -0.05) is 24.3 Å². The van der Waals surface area contributed by atoms with Gasteiger partial charge in [0.15, 0.2) is 5.96 Å². The molecule has 0 aliphatic carbocycles. The van der Waals surface area contributed by atoms with Crippen LogP contribution in [0.5, 0.6) is 0 Å². The van der Waals surface area contributed by atoms with Gasteiger partial charge in [0.2, 0.25) is 5.96 Å². The van der Waals surface area contributed by atoms with Crippen LogP contribution >= 0.6 is 0 Å². The maximum absolute atomic E-state index is 12.9. The number of benzene rings is 2. The van der Waals surface area contributed by atoms with Crippen molar-refractivity contribution in [1.29, 1.82) is 0 Å². The lowest BCUT2D eigenvalue weighted by Gasteiger charge is -2.30. The Labute approximate surface area is 162 Å². The van der Waals surface area contributed by atoms with E-state index in [0.717, 1.165) is 18.8 Å². The molecule has 0 saturated carbocycles. The number of anilines is 2. The molecule has 1 aliphatic heterocycles. The Morgan fingerprint density at radius 3 is 2.43 bits per heavy atom. The zero-order chi connectivity index (χ0) is 19.9. The number of nitrogens with two attached hydrogens (primary N) is 3. The molecule has 28 heavy (non-hydrogen) atoms. The fourth-order valence-corrected chi connectivity index (χ4v) is 2.89. The summed E-state index contributed by atoms with van der Waals surface area (Å²) < 4.78 is 5.41. The highest BCUT2D eigenvalue weighted by Gasteiger charge is 2.17. The van der Waals surface area contributed by atoms with Crippen molar-refractivity contribution in [2.45, 2.75) is 0 Å². The molecule has 2 aromatic carbocycles. The van der Waals surface area contributed by atoms with Crippen molar-refractivity contribution in [3.8, 4) is 0 Å². The number of carbonyl (C=O) groups is 1. The van der Waals surface area contributed by atoms with E-state index in [2.05, 4.69) is 20.2 Å². The molecule has 0 bridgehead atoms. The van der Waals surface area contributed by atoms with Gasteiger partial charge in [0.1, 0.15) is 0 Å². The van der Waals surface area contributed by atoms with E-state index in [1.807, 2.05) is 24.3 Å². The third-order valence-electron chi connectivity index (χ3n) is 4.13. The molecule has 0 aromatic heterocycles. The second-order valence-corrected chi connectivity index (χ2v) is 6.09. The third-order valence-corrected chi connectivity index (χ3v) is 4.13. The molecule has 146 valence electrons. The number of nitrogens with one attached hydrogen (secondary N) is 1. The average Bonchev–Trinajstić information content (AvgIpc) is 2.69. The van der Waals surface area contributed by atoms with E-state index >= 15 is 0 Å². The monoisotopic (exact) mass is 381 g/mol. The Kier molecular flexibility index (Phi) is 6.07. The van der Waals surface area contributed by atoms with E-state index in [4.69, 9.17) is 21.9 Å². The van der Waals surface area contributed by atoms with Gasteiger partial charge < -0.3 is 32.2 Å². The van der Waals surface area contributed by atoms with Crippen molar-refractivity contribution in [3.05, 3.63) is 54.1 Å². The van der Waals surface area contributed by atoms with Gasteiger partial charge >= 0.3 is 0 Å². The first-order valence-electron chi connectivity index (χ1n) is 8.80. The molecule has 1 aliphatic rings. The van der Waals surface area contributed by atoms with Crippen molar-refractivity contribution < 1.29 is 9.53 Å². The van der Waals surface area contributed by atoms with Crippen LogP contribution in [0.15, 0.2) is 58.5 Å². The average molecular weight is 381 g/mol. The lowest BCUT2D eigenvalue weighted by Crippen LogP contribution is -2.36. The Morgan fingerprint density at radius 1 is 1.00 bits per heavy atom. The molecule has 0 unspecified atom stereocenters. The highest BCUT2D eigenvalue weighted by molar-refractivity contribution is 6.09. The minimum Gasteiger partial charge on any atom is -0.378 e. The molecule has 1 saturated heterocycles. The summed E-state index contributed by atoms with van der Waals surface area (Å²) in [6.07, 6.45) is 0. The fourth-order valence-electron chi connectivity index (χ4n) is 2.89. The molecule has 1 amide bonds. The van der Waals surface area contributed by atoms with E-state index in [1.54, 1.807) is 24.3 Å². The summed E-state index contributed by atoms with van der Waals surface area (Å²) in [4.78, 5) is 22.9. The summed E-state index contributed by atoms with van der Waals surface area (Å²) in [5.74, 6) is -0.644. The SMILES string of the molecule is NC(N)=NC(N)=Nc1ccccc1C(=O)Nc1ccccc1N1CCOCC1. The van der Waals surface area contributed by atoms with Gasteiger partial charge in [-0.05, 0) is 24.3 Å². The van der Waals surface area contributed by atoms with Crippen molar-refractivity contribution in [2.75, 3.05) is 36.5 Å². The number of carbonyl (C=O) groups excluding carboxylic acids is 1. The molecule has 1 heterocycles. The minimum absolute atomic E-state index is 0.131. The van der Waals surface area contributed by atoms with Crippen LogP contribution in [0.3, 0.4) is 0 Å². The van der Waals surface area contributed by atoms with Gasteiger partial charge in [-0.15, -0.1) is 0 Å². The number of hydrogen-bond acceptors (Lipinski definition) is 4. The maximum atomic E-state index is 12.9. The van der Waals surface area contributed by atoms with Crippen molar-refractivity contribution in [3.63, 3.8) is 0 Å². The number of hydrogen-bond donors (Lipinski definition) is 4. The van der Waals surface area contributed by atoms with Gasteiger partial charge in [-0.25, -0.2) is 4.99 Å². The number of morpholine rings is 1. The first kappa shape index (κ1) is 19.2. The first-order valence-corrected chi connectivity index (χ1v) is 8.80. The third kappa shape index (κ3) is 4.77. The number of guanidine groups is 2. The summed E-state index contributed by atoms with van der Waals surface area (Å²) in [5.41, 5.74) is 18.7. The van der Waals surface area contributed by atoms with E-state index in [1.165, 1.54) is 0 Å². The summed E-state index contributed by atoms with van der Waals surface area (Å²) in [7, 11) is 0. The predicted molar refractivity (Wildman–Crippen MR) is 111 cm³/mol. The molecule has 0 atom stereocenters. The number of aliphatic imine (C=N–C) groups is 2. The van der Waals surface area contributed by atoms with E-state index in [0.29, 0.717) is 30.2 Å². The number of ether oxygens (including phenoxy) is 1. The molecular formula is C19H23N7O2. The van der Waals surface area contributed by atoms with Crippen molar-refractivity contribution >= 4 is 34.9 Å². The van der Waals surface area contributed by atoms with Crippen LogP contribution < -0.4 is 27.4 Å². The van der Waals surface area contributed by atoms with E-state index in [9.17, 15) is 4.79 Å². The van der Waals surface area contributed by atoms with Crippen LogP contribution in [0.1, 0.15) is 10.4 Å². The topological polar surface area (TPSA) is 144 Å². The number of nitrogens with zero attached hydrogens (tertiary/aromatic N) is 3. The van der Waals surface area contributed by atoms with Crippen LogP contribution in [0, 0.1) is 0 Å². The number of amides is 1. The zero-order valence-electron chi connectivity index (χ0n) is 15.3. The van der Waals surface area contributed by atoms with Crippen LogP contribution in [0.2, 0.25) is 0 Å². The van der Waals surface area contributed by atoms with Gasteiger partial charge in [0, 0.05) is 13.1 Å². The molecule has 2 aromatic rings. The van der Waals surface area contributed by atoms with Gasteiger partial charge in [0.25, 0.3) is 5.91 Å². The molecule has 9 nitrogen and oxygen atoms in total. The Hall–Kier alpha value is -3.59. The zero-order valence-corrected chi connectivity index (χ0v) is 15.3. The second kappa shape index (κ2) is 8.87. The number of para-hydroxylation sites is 3. The van der Waals surface area contributed by atoms with E-state index in [-0.39, 0.29) is 17.8 Å². The highest BCUT2D eigenvalue weighted by Crippen LogP contribution is 2.28. The second-order valence-electron chi connectivity index (χ2n) is 6.09. The standard InChI is InChI=1S/C19H23N7O2/c20-18(21)25-19(22)24-14-6-2-1-5-13(14)17(27)23-15-7-3-4-8-16(15)26-9-11-28-12-10-26/h1-8H,9-12H2,(H,23,27)(H6,20,21,22,24,25). The molecule has 3 rings (SSSR count). The fraction of sp³-hybridized carbons (Fsp3) is 0.211. The summed E-state index contributed by atoms with van der Waals surface area (Å²) in [5, 5.41) is 2.96. The van der Waals surface area contributed by atoms with Gasteiger partial charge in [0.05, 0.1) is 35.8 Å². The highest BCUT2D eigenvalue weighted by atomic mass is 16.5. The predicted octanol–water partition coefficient (Wildman–Crippen LogP) is 0.995. The van der Waals surface area contributed by atoms with E-state index < -0.39 is 0 Å². The van der Waals surface area contributed by atoms with Crippen LogP contribution in [0.25, 0.3) is 0 Å². The largest absolute Gasteiger partial charge is 0.378 e. The van der Waals surface area contributed by atoms with Gasteiger partial charge in [-0.3, -0.25) is 4.79 Å². The first-order chi connectivity index (χ1) is 13.5. The maximum Gasteiger partial charge on any atom is 0.257 e. The Morgan fingerprint density at radius 2 is 1.68 bits per heavy atom. The Balaban J connectivity index is 1.86. The summed E-state index contributed by atoms with van der Waals surface area (Å²) in [6, 6.07) is 14.5. The molecule has 0 radical (unpaired) electrons. The Bertz CT molecular complexity index is 901. The quantitative estimate of drug-likeness (QED) is 0.459. The minimum atomic E-state index is -0.308. The van der Waals surface area contributed by atoms with Crippen molar-refractivity contribution in [1.82, 2.24) is 0 Å². The van der Waals surface area contributed by atoms with Crippen LogP contribution in [-0.4, -0.2) is 44.1 Å². The summed E-state index contributed by atoms with van der Waals surface area (Å²) in [6.45, 7) is 2.85. The molecule has 7 N–H and O–H groups in total. The normalized spacial score (nSPS) is 14.4. The molecule has 1 fully saturated rings. The number of rotatable bonds is 4. The van der Waals surface area contributed by atoms with Crippen LogP contribution in [0.4, 0.5) is 17.1 Å².